The fourth-order valence-electron chi connectivity index (χ4n) is 2.81. The summed E-state index contributed by atoms with van der Waals surface area (Å²) in [6.07, 6.45) is 5.63. The van der Waals surface area contributed by atoms with Gasteiger partial charge in [-0.2, -0.15) is 0 Å². The van der Waals surface area contributed by atoms with Crippen LogP contribution in [0.2, 0.25) is 5.02 Å². The molecular weight excluding hydrogens is 365 g/mol. The van der Waals surface area contributed by atoms with Crippen LogP contribution in [0.5, 0.6) is 0 Å². The van der Waals surface area contributed by atoms with Crippen LogP contribution >= 0.6 is 11.6 Å². The lowest BCUT2D eigenvalue weighted by Gasteiger charge is -2.14. The third kappa shape index (κ3) is 4.26. The third-order valence-corrected chi connectivity index (χ3v) is 4.41. The maximum atomic E-state index is 13.4. The lowest BCUT2D eigenvalue weighted by Crippen LogP contribution is -2.10. The smallest absolute Gasteiger partial charge is 0.248 e. The molecule has 0 fully saturated rings. The summed E-state index contributed by atoms with van der Waals surface area (Å²) in [6.45, 7) is 3.82. The normalized spacial score (nSPS) is 11.1. The van der Waals surface area contributed by atoms with Gasteiger partial charge in [0.05, 0.1) is 10.5 Å². The molecule has 0 atom stereocenters. The van der Waals surface area contributed by atoms with E-state index < -0.39 is 5.82 Å². The molecule has 0 bridgehead atoms. The number of carbonyl (C=O) groups excluding carboxylic acids is 1. The van der Waals surface area contributed by atoms with Gasteiger partial charge in [-0.05, 0) is 61.4 Å². The van der Waals surface area contributed by atoms with Crippen LogP contribution in [0.3, 0.4) is 0 Å². The molecular formula is C21H19ClFN3O. The summed E-state index contributed by atoms with van der Waals surface area (Å²) < 4.78 is 13.4. The number of pyridine rings is 1. The fraction of sp³-hybridized carbons (Fsp3) is 0.143. The molecule has 0 radical (unpaired) electrons. The topological polar surface area (TPSA) is 54.0 Å². The van der Waals surface area contributed by atoms with Gasteiger partial charge in [-0.25, -0.2) is 4.39 Å². The van der Waals surface area contributed by atoms with Crippen molar-refractivity contribution in [3.05, 3.63) is 71.2 Å². The standard InChI is InChI=1S/C21H19ClFN3O/c1-3-5-21(27)26-19-12-15-18(8-9-24-20(15)10-13(19)4-2)25-14-6-7-17(23)16(22)11-14/h3,5-12H,4H2,1-2H3,(H,24,25)(H,26,27)/b5-3+. The van der Waals surface area contributed by atoms with Crippen LogP contribution in [0.15, 0.2) is 54.7 Å². The van der Waals surface area contributed by atoms with E-state index in [0.29, 0.717) is 5.69 Å². The van der Waals surface area contributed by atoms with Crippen molar-refractivity contribution in [1.82, 2.24) is 4.98 Å². The number of allylic oxidation sites excluding steroid dienone is 1. The third-order valence-electron chi connectivity index (χ3n) is 4.12. The Bertz CT molecular complexity index is 1030. The molecule has 138 valence electrons. The summed E-state index contributed by atoms with van der Waals surface area (Å²) in [6, 6.07) is 10.1. The van der Waals surface area contributed by atoms with Gasteiger partial charge in [0, 0.05) is 28.6 Å². The Morgan fingerprint density at radius 3 is 2.74 bits per heavy atom. The van der Waals surface area contributed by atoms with Gasteiger partial charge in [-0.1, -0.05) is 24.6 Å². The van der Waals surface area contributed by atoms with Crippen molar-refractivity contribution >= 4 is 45.5 Å². The number of anilines is 3. The molecule has 3 rings (SSSR count). The molecule has 2 N–H and O–H groups in total. The van der Waals surface area contributed by atoms with E-state index in [2.05, 4.69) is 15.6 Å². The first kappa shape index (κ1) is 18.9. The Balaban J connectivity index is 2.05. The second-order valence-corrected chi connectivity index (χ2v) is 6.39. The van der Waals surface area contributed by atoms with Gasteiger partial charge in [0.25, 0.3) is 0 Å². The molecule has 0 saturated carbocycles. The van der Waals surface area contributed by atoms with Gasteiger partial charge in [-0.3, -0.25) is 9.78 Å². The number of halogens is 2. The van der Waals surface area contributed by atoms with E-state index in [1.807, 2.05) is 25.1 Å². The van der Waals surface area contributed by atoms with Crippen LogP contribution in [0.4, 0.5) is 21.5 Å². The zero-order valence-electron chi connectivity index (χ0n) is 15.0. The number of benzene rings is 2. The highest BCUT2D eigenvalue weighted by atomic mass is 35.5. The minimum Gasteiger partial charge on any atom is -0.355 e. The second kappa shape index (κ2) is 8.18. The highest BCUT2D eigenvalue weighted by molar-refractivity contribution is 6.31. The Hall–Kier alpha value is -2.92. The zero-order valence-corrected chi connectivity index (χ0v) is 15.8. The van der Waals surface area contributed by atoms with Crippen LogP contribution in [0.1, 0.15) is 19.4 Å². The molecule has 1 amide bonds. The van der Waals surface area contributed by atoms with Crippen LogP contribution in [-0.2, 0) is 11.2 Å². The predicted molar refractivity (Wildman–Crippen MR) is 109 cm³/mol. The second-order valence-electron chi connectivity index (χ2n) is 5.98. The summed E-state index contributed by atoms with van der Waals surface area (Å²) in [5, 5.41) is 7.04. The lowest BCUT2D eigenvalue weighted by molar-refractivity contribution is -0.111. The molecule has 4 nitrogen and oxygen atoms in total. The number of fused-ring (bicyclic) bond motifs is 1. The monoisotopic (exact) mass is 383 g/mol. The summed E-state index contributed by atoms with van der Waals surface area (Å²) in [7, 11) is 0. The number of hydrogen-bond acceptors (Lipinski definition) is 3. The summed E-state index contributed by atoms with van der Waals surface area (Å²) in [5.74, 6) is -0.654. The maximum Gasteiger partial charge on any atom is 0.248 e. The van der Waals surface area contributed by atoms with Crippen molar-refractivity contribution in [2.45, 2.75) is 20.3 Å². The number of nitrogens with zero attached hydrogens (tertiary/aromatic N) is 1. The summed E-state index contributed by atoms with van der Waals surface area (Å²) in [4.78, 5) is 16.4. The van der Waals surface area contributed by atoms with Crippen LogP contribution in [-0.4, -0.2) is 10.9 Å². The lowest BCUT2D eigenvalue weighted by atomic mass is 10.0. The van der Waals surface area contributed by atoms with E-state index in [4.69, 9.17) is 11.6 Å². The van der Waals surface area contributed by atoms with Crippen LogP contribution < -0.4 is 10.6 Å². The van der Waals surface area contributed by atoms with Crippen molar-refractivity contribution < 1.29 is 9.18 Å². The number of aromatic nitrogens is 1. The Morgan fingerprint density at radius 1 is 1.22 bits per heavy atom. The number of amides is 1. The van der Waals surface area contributed by atoms with Crippen LogP contribution in [0.25, 0.3) is 10.9 Å². The molecule has 0 saturated heterocycles. The van der Waals surface area contributed by atoms with Gasteiger partial charge in [0.15, 0.2) is 0 Å². The first-order valence-electron chi connectivity index (χ1n) is 8.59. The van der Waals surface area contributed by atoms with Gasteiger partial charge < -0.3 is 10.6 Å². The number of rotatable bonds is 5. The minimum atomic E-state index is -0.469. The average Bonchev–Trinajstić information content (AvgIpc) is 2.65. The van der Waals surface area contributed by atoms with Crippen molar-refractivity contribution in [3.63, 3.8) is 0 Å². The largest absolute Gasteiger partial charge is 0.355 e. The van der Waals surface area contributed by atoms with Gasteiger partial charge in [-0.15, -0.1) is 0 Å². The van der Waals surface area contributed by atoms with Gasteiger partial charge in [0.2, 0.25) is 5.91 Å². The van der Waals surface area contributed by atoms with E-state index in [1.54, 1.807) is 25.3 Å². The van der Waals surface area contributed by atoms with Gasteiger partial charge in [0.1, 0.15) is 5.82 Å². The van der Waals surface area contributed by atoms with E-state index in [1.165, 1.54) is 18.2 Å². The quantitative estimate of drug-likeness (QED) is 0.543. The number of aryl methyl sites for hydroxylation is 1. The maximum absolute atomic E-state index is 13.4. The first-order chi connectivity index (χ1) is 13.0. The molecule has 2 aromatic carbocycles. The molecule has 1 heterocycles. The SMILES string of the molecule is C/C=C/C(=O)Nc1cc2c(Nc3ccc(F)c(Cl)c3)ccnc2cc1CC. The average molecular weight is 384 g/mol. The van der Waals surface area contributed by atoms with Crippen molar-refractivity contribution in [3.8, 4) is 0 Å². The first-order valence-corrected chi connectivity index (χ1v) is 8.97. The zero-order chi connectivity index (χ0) is 19.4. The number of nitrogens with one attached hydrogen (secondary N) is 2. The predicted octanol–water partition coefficient (Wildman–Crippen LogP) is 5.85. The minimum absolute atomic E-state index is 0.0472. The molecule has 0 aliphatic rings. The Morgan fingerprint density at radius 2 is 2.04 bits per heavy atom. The fourth-order valence-corrected chi connectivity index (χ4v) is 2.99. The molecule has 6 heteroatoms. The Labute approximate surface area is 162 Å². The van der Waals surface area contributed by atoms with E-state index in [0.717, 1.165) is 34.3 Å². The molecule has 27 heavy (non-hydrogen) atoms. The molecule has 0 aliphatic heterocycles. The van der Waals surface area contributed by atoms with E-state index in [9.17, 15) is 9.18 Å². The van der Waals surface area contributed by atoms with E-state index in [-0.39, 0.29) is 10.9 Å². The molecule has 1 aromatic heterocycles. The highest BCUT2D eigenvalue weighted by Crippen LogP contribution is 2.31. The molecule has 0 unspecified atom stereocenters. The van der Waals surface area contributed by atoms with Crippen molar-refractivity contribution in [1.29, 1.82) is 0 Å². The number of hydrogen-bond donors (Lipinski definition) is 2. The number of carbonyl (C=O) groups is 1. The van der Waals surface area contributed by atoms with Crippen molar-refractivity contribution in [2.75, 3.05) is 10.6 Å². The van der Waals surface area contributed by atoms with E-state index >= 15 is 0 Å². The van der Waals surface area contributed by atoms with Crippen LogP contribution in [0, 0.1) is 5.82 Å². The molecule has 0 spiro atoms. The van der Waals surface area contributed by atoms with Crippen molar-refractivity contribution in [2.24, 2.45) is 0 Å². The Kier molecular flexibility index (Phi) is 5.72. The summed E-state index contributed by atoms with van der Waals surface area (Å²) >= 11 is 5.87. The van der Waals surface area contributed by atoms with Gasteiger partial charge >= 0.3 is 0 Å². The summed E-state index contributed by atoms with van der Waals surface area (Å²) in [5.41, 5.74) is 3.98. The highest BCUT2D eigenvalue weighted by Gasteiger charge is 2.10. The molecule has 0 aliphatic carbocycles. The molecule has 3 aromatic rings.